The molecule has 6 aromatic heterocycles. The molecule has 2 N–H and O–H groups in total. The van der Waals surface area contributed by atoms with E-state index >= 15 is 0 Å². The SMILES string of the molecule is C1=CC(c2ccccc2)(c2cccs2)Cc2[nH]nc(-c3ccsc3)c21.C1=CC(c2ccccc2)(c2cccs2)Cc2[nH]nc(-c3ncco3)c21. The highest BCUT2D eigenvalue weighted by Crippen LogP contribution is 2.46. The van der Waals surface area contributed by atoms with Crippen molar-refractivity contribution < 1.29 is 4.42 Å². The largest absolute Gasteiger partial charge is 0.443 e. The monoisotopic (exact) mass is 705 g/mol. The number of nitrogens with zero attached hydrogens (tertiary/aromatic N) is 3. The summed E-state index contributed by atoms with van der Waals surface area (Å²) in [6.45, 7) is 0. The van der Waals surface area contributed by atoms with Crippen molar-refractivity contribution in [3.05, 3.63) is 181 Å². The van der Waals surface area contributed by atoms with Gasteiger partial charge in [-0.25, -0.2) is 4.98 Å². The second-order valence-corrected chi connectivity index (χ2v) is 15.1. The van der Waals surface area contributed by atoms with Crippen molar-refractivity contribution in [2.24, 2.45) is 0 Å². The minimum absolute atomic E-state index is 0.124. The number of aromatic nitrogens is 5. The first-order valence-corrected chi connectivity index (χ1v) is 19.1. The Labute approximate surface area is 301 Å². The zero-order chi connectivity index (χ0) is 33.4. The molecule has 0 spiro atoms. The zero-order valence-corrected chi connectivity index (χ0v) is 29.3. The van der Waals surface area contributed by atoms with Gasteiger partial charge in [0.25, 0.3) is 0 Å². The number of rotatable bonds is 6. The van der Waals surface area contributed by atoms with Crippen LogP contribution in [0.5, 0.6) is 0 Å². The molecule has 0 aliphatic heterocycles. The van der Waals surface area contributed by atoms with Crippen LogP contribution in [0.1, 0.15) is 43.4 Å². The number of hydrogen-bond acceptors (Lipinski definition) is 7. The number of benzene rings is 2. The fourth-order valence-electron chi connectivity index (χ4n) is 7.21. The van der Waals surface area contributed by atoms with Crippen molar-refractivity contribution in [2.75, 3.05) is 0 Å². The third-order valence-corrected chi connectivity index (χ3v) is 12.5. The van der Waals surface area contributed by atoms with E-state index in [0.717, 1.165) is 35.5 Å². The quantitative estimate of drug-likeness (QED) is 0.180. The summed E-state index contributed by atoms with van der Waals surface area (Å²) in [5, 5.41) is 24.1. The van der Waals surface area contributed by atoms with Gasteiger partial charge in [-0.15, -0.1) is 22.7 Å². The fourth-order valence-corrected chi connectivity index (χ4v) is 9.71. The van der Waals surface area contributed by atoms with Gasteiger partial charge in [0, 0.05) is 56.1 Å². The zero-order valence-electron chi connectivity index (χ0n) is 26.8. The molecular formula is C41H31N5OS3. The summed E-state index contributed by atoms with van der Waals surface area (Å²) in [7, 11) is 0. The third kappa shape index (κ3) is 5.26. The number of nitrogens with one attached hydrogen (secondary N) is 2. The predicted molar refractivity (Wildman–Crippen MR) is 205 cm³/mol. The molecule has 0 saturated carbocycles. The van der Waals surface area contributed by atoms with E-state index in [1.54, 1.807) is 35.1 Å². The number of H-pyrrole nitrogens is 2. The number of aromatic amines is 2. The van der Waals surface area contributed by atoms with E-state index in [0.29, 0.717) is 5.89 Å². The van der Waals surface area contributed by atoms with E-state index in [1.165, 1.54) is 37.7 Å². The number of thiophene rings is 3. The highest BCUT2D eigenvalue weighted by atomic mass is 32.1. The highest BCUT2D eigenvalue weighted by Gasteiger charge is 2.39. The van der Waals surface area contributed by atoms with Gasteiger partial charge in [-0.3, -0.25) is 10.2 Å². The lowest BCUT2D eigenvalue weighted by Crippen LogP contribution is -2.29. The Balaban J connectivity index is 0.000000135. The summed E-state index contributed by atoms with van der Waals surface area (Å²) >= 11 is 5.31. The summed E-state index contributed by atoms with van der Waals surface area (Å²) < 4.78 is 5.43. The molecule has 2 aliphatic rings. The van der Waals surface area contributed by atoms with Gasteiger partial charge in [0.05, 0.1) is 17.0 Å². The maximum atomic E-state index is 5.43. The molecule has 2 atom stereocenters. The highest BCUT2D eigenvalue weighted by molar-refractivity contribution is 7.10. The van der Waals surface area contributed by atoms with Crippen LogP contribution in [-0.4, -0.2) is 25.4 Å². The van der Waals surface area contributed by atoms with Crippen LogP contribution in [0.15, 0.2) is 142 Å². The van der Waals surface area contributed by atoms with Gasteiger partial charge in [-0.05, 0) is 45.5 Å². The first-order valence-electron chi connectivity index (χ1n) is 16.4. The molecule has 2 unspecified atom stereocenters. The van der Waals surface area contributed by atoms with Gasteiger partial charge in [-0.1, -0.05) is 97.1 Å². The van der Waals surface area contributed by atoms with Gasteiger partial charge >= 0.3 is 0 Å². The molecule has 2 aromatic carbocycles. The molecule has 8 aromatic rings. The minimum Gasteiger partial charge on any atom is -0.443 e. The van der Waals surface area contributed by atoms with Crippen LogP contribution < -0.4 is 0 Å². The predicted octanol–water partition coefficient (Wildman–Crippen LogP) is 10.4. The summed E-state index contributed by atoms with van der Waals surface area (Å²) in [5.41, 5.74) is 9.92. The van der Waals surface area contributed by atoms with E-state index in [4.69, 9.17) is 4.42 Å². The number of hydrogen-bond donors (Lipinski definition) is 2. The lowest BCUT2D eigenvalue weighted by atomic mass is 9.72. The topological polar surface area (TPSA) is 83.4 Å². The standard InChI is InChI=1S/C21H16N2S2.C20H15N3OS/c1-2-5-16(6-3-1)21(19-7-4-11-25-19)10-8-17-18(13-21)22-23-20(17)15-9-12-24-14-15;1-2-5-14(6-3-1)20(17-7-4-12-25-17)9-8-15-16(13-20)22-23-18(15)19-21-10-11-24-19/h1-12,14H,13H2,(H,22,23);1-12H,13H2,(H,22,23). The molecule has 0 radical (unpaired) electrons. The van der Waals surface area contributed by atoms with Crippen LogP contribution in [0.4, 0.5) is 0 Å². The Hall–Kier alpha value is -5.35. The van der Waals surface area contributed by atoms with Crippen molar-refractivity contribution in [3.8, 4) is 22.8 Å². The average Bonchev–Trinajstić information content (AvgIpc) is 4.02. The van der Waals surface area contributed by atoms with Crippen molar-refractivity contribution in [1.82, 2.24) is 25.4 Å². The van der Waals surface area contributed by atoms with Gasteiger partial charge in [-0.2, -0.15) is 21.5 Å². The van der Waals surface area contributed by atoms with Crippen molar-refractivity contribution in [1.29, 1.82) is 0 Å². The Morgan fingerprint density at radius 3 is 1.70 bits per heavy atom. The van der Waals surface area contributed by atoms with Crippen LogP contribution in [0.2, 0.25) is 0 Å². The van der Waals surface area contributed by atoms with E-state index < -0.39 is 0 Å². The normalized spacial score (nSPS) is 19.0. The second-order valence-electron chi connectivity index (χ2n) is 12.4. The summed E-state index contributed by atoms with van der Waals surface area (Å²) in [6.07, 6.45) is 14.0. The van der Waals surface area contributed by atoms with Gasteiger partial charge < -0.3 is 4.42 Å². The molecule has 2 aliphatic carbocycles. The van der Waals surface area contributed by atoms with E-state index in [-0.39, 0.29) is 10.8 Å². The van der Waals surface area contributed by atoms with Crippen LogP contribution in [-0.2, 0) is 23.7 Å². The lowest BCUT2D eigenvalue weighted by Gasteiger charge is -2.33. The molecule has 0 saturated heterocycles. The number of oxazole rings is 1. The molecule has 6 heterocycles. The van der Waals surface area contributed by atoms with Crippen molar-refractivity contribution >= 4 is 46.2 Å². The van der Waals surface area contributed by atoms with Gasteiger partial charge in [0.15, 0.2) is 5.69 Å². The lowest BCUT2D eigenvalue weighted by molar-refractivity contribution is 0.571. The second kappa shape index (κ2) is 12.8. The van der Waals surface area contributed by atoms with Crippen molar-refractivity contribution in [3.63, 3.8) is 0 Å². The first-order chi connectivity index (χ1) is 24.7. The summed E-state index contributed by atoms with van der Waals surface area (Å²) in [6, 6.07) is 32.2. The number of allylic oxidation sites excluding steroid dienone is 2. The molecule has 6 nitrogen and oxygen atoms in total. The molecule has 10 rings (SSSR count). The van der Waals surface area contributed by atoms with E-state index in [9.17, 15) is 0 Å². The van der Waals surface area contributed by atoms with Crippen LogP contribution >= 0.6 is 34.0 Å². The smallest absolute Gasteiger partial charge is 0.247 e. The molecular weight excluding hydrogens is 675 g/mol. The Kier molecular flexibility index (Phi) is 7.88. The average molecular weight is 706 g/mol. The Bertz CT molecular complexity index is 2200. The van der Waals surface area contributed by atoms with Gasteiger partial charge in [0.1, 0.15) is 12.0 Å². The molecule has 244 valence electrons. The van der Waals surface area contributed by atoms with Crippen LogP contribution in [0.3, 0.4) is 0 Å². The molecule has 50 heavy (non-hydrogen) atoms. The fraction of sp³-hybridized carbons (Fsp3) is 0.0976. The van der Waals surface area contributed by atoms with Crippen LogP contribution in [0, 0.1) is 0 Å². The maximum absolute atomic E-state index is 5.43. The Morgan fingerprint density at radius 2 is 1.20 bits per heavy atom. The molecule has 9 heteroatoms. The molecule has 0 fully saturated rings. The first kappa shape index (κ1) is 30.7. The Morgan fingerprint density at radius 1 is 0.620 bits per heavy atom. The maximum Gasteiger partial charge on any atom is 0.247 e. The minimum atomic E-state index is -0.178. The summed E-state index contributed by atoms with van der Waals surface area (Å²) in [4.78, 5) is 6.92. The molecule has 0 amide bonds. The molecule has 0 bridgehead atoms. The van der Waals surface area contributed by atoms with Gasteiger partial charge in [0.2, 0.25) is 5.89 Å². The number of fused-ring (bicyclic) bond motifs is 2. The van der Waals surface area contributed by atoms with Crippen LogP contribution in [0.25, 0.3) is 35.0 Å². The summed E-state index contributed by atoms with van der Waals surface area (Å²) in [5.74, 6) is 0.547. The van der Waals surface area contributed by atoms with E-state index in [2.05, 4.69) is 162 Å². The van der Waals surface area contributed by atoms with Crippen molar-refractivity contribution in [2.45, 2.75) is 23.7 Å². The van der Waals surface area contributed by atoms with E-state index in [1.807, 2.05) is 11.3 Å². The third-order valence-electron chi connectivity index (χ3n) is 9.68.